The maximum absolute atomic E-state index is 12.5. The molecular weight excluding hydrogens is 348 g/mol. The third kappa shape index (κ3) is 2.76. The lowest BCUT2D eigenvalue weighted by molar-refractivity contribution is 0.0963. The summed E-state index contributed by atoms with van der Waals surface area (Å²) >= 11 is 7.44. The number of nitrogens with one attached hydrogen (secondary N) is 2. The number of anilines is 2. The molecule has 1 amide bonds. The van der Waals surface area contributed by atoms with Crippen LogP contribution >= 0.6 is 22.9 Å². The van der Waals surface area contributed by atoms with E-state index in [0.29, 0.717) is 22.3 Å². The molecule has 0 bridgehead atoms. The normalized spacial score (nSPS) is 10.8. The van der Waals surface area contributed by atoms with Crippen LogP contribution in [0.4, 0.5) is 11.4 Å². The summed E-state index contributed by atoms with van der Waals surface area (Å²) in [7, 11) is 3.26. The van der Waals surface area contributed by atoms with E-state index in [2.05, 4.69) is 15.6 Å². The van der Waals surface area contributed by atoms with Gasteiger partial charge in [-0.25, -0.2) is 4.98 Å². The number of nitrogens with zero attached hydrogens (tertiary/aromatic N) is 2. The molecule has 3 heterocycles. The largest absolute Gasteiger partial charge is 0.355 e. The number of rotatable bonds is 3. The fourth-order valence-corrected chi connectivity index (χ4v) is 3.65. The van der Waals surface area contributed by atoms with Crippen LogP contribution in [0.25, 0.3) is 10.1 Å². The number of carbonyl (C=O) groups is 1. The van der Waals surface area contributed by atoms with Crippen molar-refractivity contribution in [1.82, 2.24) is 14.9 Å². The maximum atomic E-state index is 12.5. The van der Waals surface area contributed by atoms with E-state index in [1.807, 2.05) is 18.5 Å². The predicted octanol–water partition coefficient (Wildman–Crippen LogP) is 3.06. The minimum Gasteiger partial charge on any atom is -0.355 e. The topological polar surface area (TPSA) is 76.0 Å². The van der Waals surface area contributed by atoms with Gasteiger partial charge >= 0.3 is 0 Å². The maximum Gasteiger partial charge on any atom is 0.261 e. The van der Waals surface area contributed by atoms with Crippen molar-refractivity contribution in [3.8, 4) is 0 Å². The smallest absolute Gasteiger partial charge is 0.261 e. The SMILES string of the molecule is CNC(=O)c1cnc(Cl)cc1Nc1csc2c(C)cn(C)c(=O)c12. The number of hydrogen-bond donors (Lipinski definition) is 2. The second-order valence-corrected chi connectivity index (χ2v) is 6.61. The van der Waals surface area contributed by atoms with E-state index >= 15 is 0 Å². The molecule has 3 rings (SSSR count). The van der Waals surface area contributed by atoms with Gasteiger partial charge in [0.1, 0.15) is 5.15 Å². The molecule has 2 N–H and O–H groups in total. The number of thiophene rings is 1. The number of aryl methyl sites for hydroxylation is 2. The number of halogens is 1. The van der Waals surface area contributed by atoms with E-state index in [0.717, 1.165) is 10.3 Å². The van der Waals surface area contributed by atoms with Crippen LogP contribution < -0.4 is 16.2 Å². The zero-order valence-corrected chi connectivity index (χ0v) is 14.9. The van der Waals surface area contributed by atoms with Crippen molar-refractivity contribution in [3.05, 3.63) is 50.5 Å². The number of hydrogen-bond acceptors (Lipinski definition) is 5. The van der Waals surface area contributed by atoms with E-state index in [1.165, 1.54) is 17.5 Å². The first kappa shape index (κ1) is 16.5. The van der Waals surface area contributed by atoms with Crippen LogP contribution in [0.1, 0.15) is 15.9 Å². The van der Waals surface area contributed by atoms with Crippen LogP contribution in [-0.2, 0) is 7.05 Å². The number of amides is 1. The van der Waals surface area contributed by atoms with Crippen LogP contribution in [0, 0.1) is 6.92 Å². The van der Waals surface area contributed by atoms with Crippen LogP contribution in [0.5, 0.6) is 0 Å². The molecule has 0 aliphatic rings. The fraction of sp³-hybridized carbons (Fsp3) is 0.188. The van der Waals surface area contributed by atoms with Crippen LogP contribution in [0.2, 0.25) is 5.15 Å². The van der Waals surface area contributed by atoms with E-state index in [1.54, 1.807) is 24.7 Å². The molecule has 0 unspecified atom stereocenters. The molecule has 0 fully saturated rings. The first-order valence-electron chi connectivity index (χ1n) is 7.14. The summed E-state index contributed by atoms with van der Waals surface area (Å²) in [4.78, 5) is 28.5. The van der Waals surface area contributed by atoms with Crippen molar-refractivity contribution < 1.29 is 4.79 Å². The summed E-state index contributed by atoms with van der Waals surface area (Å²) in [6, 6.07) is 1.57. The molecule has 8 heteroatoms. The zero-order valence-electron chi connectivity index (χ0n) is 13.3. The Morgan fingerprint density at radius 3 is 2.83 bits per heavy atom. The number of fused-ring (bicyclic) bond motifs is 1. The molecule has 124 valence electrons. The minimum atomic E-state index is -0.287. The average molecular weight is 363 g/mol. The quantitative estimate of drug-likeness (QED) is 0.702. The van der Waals surface area contributed by atoms with Gasteiger partial charge in [0, 0.05) is 36.6 Å². The third-order valence-electron chi connectivity index (χ3n) is 3.68. The molecule has 0 aliphatic heterocycles. The minimum absolute atomic E-state index is 0.0963. The van der Waals surface area contributed by atoms with Gasteiger partial charge in [0.05, 0.1) is 22.3 Å². The molecule has 0 atom stereocenters. The molecular formula is C16H15ClN4O2S. The van der Waals surface area contributed by atoms with Crippen LogP contribution in [-0.4, -0.2) is 22.5 Å². The molecule has 6 nitrogen and oxygen atoms in total. The molecule has 0 saturated heterocycles. The van der Waals surface area contributed by atoms with Gasteiger partial charge in [-0.3, -0.25) is 9.59 Å². The average Bonchev–Trinajstić information content (AvgIpc) is 2.96. The van der Waals surface area contributed by atoms with Crippen molar-refractivity contribution in [2.75, 3.05) is 12.4 Å². The highest BCUT2D eigenvalue weighted by molar-refractivity contribution is 7.18. The number of carbonyl (C=O) groups excluding carboxylic acids is 1. The Labute approximate surface area is 147 Å². The second-order valence-electron chi connectivity index (χ2n) is 5.34. The lowest BCUT2D eigenvalue weighted by atomic mass is 10.2. The van der Waals surface area contributed by atoms with Gasteiger partial charge in [0.15, 0.2) is 0 Å². The molecule has 0 aromatic carbocycles. The Morgan fingerprint density at radius 1 is 1.38 bits per heavy atom. The van der Waals surface area contributed by atoms with Gasteiger partial charge in [0.25, 0.3) is 11.5 Å². The van der Waals surface area contributed by atoms with E-state index in [-0.39, 0.29) is 16.6 Å². The van der Waals surface area contributed by atoms with Gasteiger partial charge in [0.2, 0.25) is 0 Å². The summed E-state index contributed by atoms with van der Waals surface area (Å²) < 4.78 is 2.47. The summed E-state index contributed by atoms with van der Waals surface area (Å²) in [6.07, 6.45) is 3.21. The lowest BCUT2D eigenvalue weighted by Crippen LogP contribution is -2.20. The molecule has 0 aliphatic carbocycles. The predicted molar refractivity (Wildman–Crippen MR) is 97.7 cm³/mol. The summed E-state index contributed by atoms with van der Waals surface area (Å²) in [5.41, 5.74) is 2.42. The van der Waals surface area contributed by atoms with Crippen LogP contribution in [0.3, 0.4) is 0 Å². The van der Waals surface area contributed by atoms with Crippen molar-refractivity contribution in [2.24, 2.45) is 7.05 Å². The van der Waals surface area contributed by atoms with Gasteiger partial charge < -0.3 is 15.2 Å². The van der Waals surface area contributed by atoms with Crippen LogP contribution in [0.15, 0.2) is 28.6 Å². The van der Waals surface area contributed by atoms with Crippen molar-refractivity contribution in [3.63, 3.8) is 0 Å². The first-order valence-corrected chi connectivity index (χ1v) is 8.40. The first-order chi connectivity index (χ1) is 11.4. The number of pyridine rings is 2. The van der Waals surface area contributed by atoms with E-state index < -0.39 is 0 Å². The summed E-state index contributed by atoms with van der Waals surface area (Å²) in [5.74, 6) is -0.287. The third-order valence-corrected chi connectivity index (χ3v) is 5.00. The Morgan fingerprint density at radius 2 is 2.12 bits per heavy atom. The standard InChI is InChI=1S/C16H15ClN4O2S/c1-8-6-21(3)16(23)13-11(7-24-14(8)13)20-10-4-12(17)19-5-9(10)15(22)18-2/h4-7H,1-3H3,(H,18,22)(H,19,20). The van der Waals surface area contributed by atoms with E-state index in [9.17, 15) is 9.59 Å². The van der Waals surface area contributed by atoms with Crippen molar-refractivity contribution >= 4 is 50.3 Å². The zero-order chi connectivity index (χ0) is 17.4. The molecule has 3 aromatic heterocycles. The second kappa shape index (κ2) is 6.26. The van der Waals surface area contributed by atoms with Crippen molar-refractivity contribution in [2.45, 2.75) is 6.92 Å². The van der Waals surface area contributed by atoms with Gasteiger partial charge in [-0.2, -0.15) is 0 Å². The summed E-state index contributed by atoms with van der Waals surface area (Å²) in [5, 5.41) is 8.44. The fourth-order valence-electron chi connectivity index (χ4n) is 2.53. The molecule has 3 aromatic rings. The molecule has 0 saturated carbocycles. The molecule has 0 radical (unpaired) electrons. The lowest BCUT2D eigenvalue weighted by Gasteiger charge is -2.11. The van der Waals surface area contributed by atoms with Gasteiger partial charge in [-0.05, 0) is 18.6 Å². The summed E-state index contributed by atoms with van der Waals surface area (Å²) in [6.45, 7) is 1.96. The Balaban J connectivity index is 2.17. The Hall–Kier alpha value is -2.38. The Kier molecular flexibility index (Phi) is 4.29. The monoisotopic (exact) mass is 362 g/mol. The highest BCUT2D eigenvalue weighted by Gasteiger charge is 2.16. The van der Waals surface area contributed by atoms with Gasteiger partial charge in [-0.15, -0.1) is 11.3 Å². The molecule has 0 spiro atoms. The van der Waals surface area contributed by atoms with Gasteiger partial charge in [-0.1, -0.05) is 11.6 Å². The number of aromatic nitrogens is 2. The van der Waals surface area contributed by atoms with E-state index in [4.69, 9.17) is 11.6 Å². The Bertz CT molecular complexity index is 1010. The highest BCUT2D eigenvalue weighted by atomic mass is 35.5. The highest BCUT2D eigenvalue weighted by Crippen LogP contribution is 2.33. The molecule has 24 heavy (non-hydrogen) atoms. The van der Waals surface area contributed by atoms with Crippen molar-refractivity contribution in [1.29, 1.82) is 0 Å².